The molecule has 3 rings (SSSR count). The molecule has 0 atom stereocenters. The molecular formula is C21H26N2OS. The van der Waals surface area contributed by atoms with Crippen LogP contribution in [0.5, 0.6) is 0 Å². The van der Waals surface area contributed by atoms with Crippen LogP contribution in [0.1, 0.15) is 18.4 Å². The zero-order valence-electron chi connectivity index (χ0n) is 14.9. The fourth-order valence-corrected chi connectivity index (χ4v) is 3.91. The summed E-state index contributed by atoms with van der Waals surface area (Å²) in [6.45, 7) is 5.62. The van der Waals surface area contributed by atoms with Gasteiger partial charge in [0.2, 0.25) is 5.91 Å². The predicted octanol–water partition coefficient (Wildman–Crippen LogP) is 4.22. The van der Waals surface area contributed by atoms with Crippen LogP contribution >= 0.6 is 11.8 Å². The van der Waals surface area contributed by atoms with E-state index in [1.807, 2.05) is 22.7 Å². The fourth-order valence-electron chi connectivity index (χ4n) is 3.06. The van der Waals surface area contributed by atoms with Crippen molar-refractivity contribution in [3.63, 3.8) is 0 Å². The van der Waals surface area contributed by atoms with E-state index >= 15 is 0 Å². The molecule has 3 nitrogen and oxygen atoms in total. The van der Waals surface area contributed by atoms with Crippen molar-refractivity contribution < 1.29 is 4.79 Å². The van der Waals surface area contributed by atoms with Crippen molar-refractivity contribution in [1.29, 1.82) is 0 Å². The van der Waals surface area contributed by atoms with E-state index in [2.05, 4.69) is 60.4 Å². The lowest BCUT2D eigenvalue weighted by molar-refractivity contribution is -0.131. The van der Waals surface area contributed by atoms with Gasteiger partial charge in [0.05, 0.1) is 0 Å². The lowest BCUT2D eigenvalue weighted by atomic mass is 10.2. The Hall–Kier alpha value is -1.94. The SMILES string of the molecule is Cc1ccc(SCCCC(=O)N2CCN(c3ccccc3)CC2)cc1. The molecule has 2 aromatic carbocycles. The summed E-state index contributed by atoms with van der Waals surface area (Å²) in [5, 5.41) is 0. The molecule has 0 aliphatic carbocycles. The topological polar surface area (TPSA) is 23.6 Å². The molecule has 1 aliphatic heterocycles. The molecule has 0 aromatic heterocycles. The summed E-state index contributed by atoms with van der Waals surface area (Å²) in [4.78, 5) is 18.1. The Bertz CT molecular complexity index is 664. The molecule has 1 heterocycles. The molecule has 132 valence electrons. The number of benzene rings is 2. The van der Waals surface area contributed by atoms with Crippen molar-refractivity contribution in [3.05, 3.63) is 60.2 Å². The van der Waals surface area contributed by atoms with Gasteiger partial charge in [-0.25, -0.2) is 0 Å². The van der Waals surface area contributed by atoms with Gasteiger partial charge < -0.3 is 9.80 Å². The maximum absolute atomic E-state index is 12.4. The second-order valence-corrected chi connectivity index (χ2v) is 7.64. The largest absolute Gasteiger partial charge is 0.368 e. The molecule has 0 bridgehead atoms. The number of amides is 1. The highest BCUT2D eigenvalue weighted by atomic mass is 32.2. The fraction of sp³-hybridized carbons (Fsp3) is 0.381. The Morgan fingerprint density at radius 2 is 1.64 bits per heavy atom. The van der Waals surface area contributed by atoms with E-state index in [9.17, 15) is 4.79 Å². The van der Waals surface area contributed by atoms with E-state index in [0.29, 0.717) is 12.3 Å². The van der Waals surface area contributed by atoms with Gasteiger partial charge >= 0.3 is 0 Å². The molecular weight excluding hydrogens is 328 g/mol. The lowest BCUT2D eigenvalue weighted by Gasteiger charge is -2.36. The Balaban J connectivity index is 1.36. The smallest absolute Gasteiger partial charge is 0.222 e. The van der Waals surface area contributed by atoms with Gasteiger partial charge in [0.15, 0.2) is 0 Å². The second-order valence-electron chi connectivity index (χ2n) is 6.47. The summed E-state index contributed by atoms with van der Waals surface area (Å²) >= 11 is 1.84. The van der Waals surface area contributed by atoms with Gasteiger partial charge in [-0.05, 0) is 43.4 Å². The first kappa shape index (κ1) is 17.9. The summed E-state index contributed by atoms with van der Waals surface area (Å²) in [6, 6.07) is 19.0. The van der Waals surface area contributed by atoms with Crippen LogP contribution in [0.2, 0.25) is 0 Å². The molecule has 0 spiro atoms. The van der Waals surface area contributed by atoms with Crippen molar-refractivity contribution >= 4 is 23.4 Å². The van der Waals surface area contributed by atoms with Crippen molar-refractivity contribution in [1.82, 2.24) is 4.90 Å². The van der Waals surface area contributed by atoms with Crippen LogP contribution in [0.15, 0.2) is 59.5 Å². The van der Waals surface area contributed by atoms with Gasteiger partial charge in [0, 0.05) is 43.2 Å². The number of aryl methyl sites for hydroxylation is 1. The number of para-hydroxylation sites is 1. The number of piperazine rings is 1. The molecule has 1 saturated heterocycles. The second kappa shape index (κ2) is 8.95. The van der Waals surface area contributed by atoms with Crippen LogP contribution in [0.3, 0.4) is 0 Å². The minimum absolute atomic E-state index is 0.303. The highest BCUT2D eigenvalue weighted by molar-refractivity contribution is 7.99. The summed E-state index contributed by atoms with van der Waals surface area (Å²) < 4.78 is 0. The number of thioether (sulfide) groups is 1. The van der Waals surface area contributed by atoms with Crippen LogP contribution in [-0.4, -0.2) is 42.7 Å². The molecule has 2 aromatic rings. The summed E-state index contributed by atoms with van der Waals surface area (Å²) in [5.41, 5.74) is 2.54. The number of hydrogen-bond donors (Lipinski definition) is 0. The maximum Gasteiger partial charge on any atom is 0.222 e. The van der Waals surface area contributed by atoms with Gasteiger partial charge in [0.1, 0.15) is 0 Å². The van der Waals surface area contributed by atoms with Crippen LogP contribution in [0.4, 0.5) is 5.69 Å². The van der Waals surface area contributed by atoms with Crippen LogP contribution < -0.4 is 4.90 Å². The number of carbonyl (C=O) groups excluding carboxylic acids is 1. The van der Waals surface area contributed by atoms with Crippen LogP contribution in [-0.2, 0) is 4.79 Å². The molecule has 1 fully saturated rings. The zero-order valence-corrected chi connectivity index (χ0v) is 15.7. The zero-order chi connectivity index (χ0) is 17.5. The molecule has 4 heteroatoms. The first-order valence-electron chi connectivity index (χ1n) is 8.99. The number of carbonyl (C=O) groups is 1. The van der Waals surface area contributed by atoms with Gasteiger partial charge in [-0.1, -0.05) is 35.9 Å². The van der Waals surface area contributed by atoms with Gasteiger partial charge in [-0.3, -0.25) is 4.79 Å². The van der Waals surface area contributed by atoms with E-state index < -0.39 is 0 Å². The van der Waals surface area contributed by atoms with Crippen LogP contribution in [0.25, 0.3) is 0 Å². The van der Waals surface area contributed by atoms with Crippen molar-refractivity contribution in [2.75, 3.05) is 36.8 Å². The molecule has 1 amide bonds. The summed E-state index contributed by atoms with van der Waals surface area (Å²) in [6.07, 6.45) is 1.60. The Morgan fingerprint density at radius 3 is 2.32 bits per heavy atom. The van der Waals surface area contributed by atoms with E-state index in [0.717, 1.165) is 38.4 Å². The Kier molecular flexibility index (Phi) is 6.40. The van der Waals surface area contributed by atoms with Crippen LogP contribution in [0, 0.1) is 6.92 Å². The number of rotatable bonds is 6. The van der Waals surface area contributed by atoms with Gasteiger partial charge in [0.25, 0.3) is 0 Å². The Morgan fingerprint density at radius 1 is 0.960 bits per heavy atom. The third kappa shape index (κ3) is 5.27. The van der Waals surface area contributed by atoms with E-state index in [1.54, 1.807) is 0 Å². The molecule has 0 unspecified atom stereocenters. The molecule has 25 heavy (non-hydrogen) atoms. The van der Waals surface area contributed by atoms with Gasteiger partial charge in [-0.15, -0.1) is 11.8 Å². The quantitative estimate of drug-likeness (QED) is 0.573. The predicted molar refractivity (Wildman–Crippen MR) is 106 cm³/mol. The molecule has 0 N–H and O–H groups in total. The minimum atomic E-state index is 0.303. The normalized spacial score (nSPS) is 14.6. The van der Waals surface area contributed by atoms with E-state index in [-0.39, 0.29) is 0 Å². The maximum atomic E-state index is 12.4. The number of nitrogens with zero attached hydrogens (tertiary/aromatic N) is 2. The molecule has 0 radical (unpaired) electrons. The first-order valence-corrected chi connectivity index (χ1v) is 9.98. The number of anilines is 1. The van der Waals surface area contributed by atoms with Crippen molar-refractivity contribution in [2.24, 2.45) is 0 Å². The third-order valence-electron chi connectivity index (χ3n) is 4.58. The van der Waals surface area contributed by atoms with Crippen molar-refractivity contribution in [3.8, 4) is 0 Å². The van der Waals surface area contributed by atoms with Gasteiger partial charge in [-0.2, -0.15) is 0 Å². The first-order chi connectivity index (χ1) is 12.2. The monoisotopic (exact) mass is 354 g/mol. The summed E-state index contributed by atoms with van der Waals surface area (Å²) in [7, 11) is 0. The average Bonchev–Trinajstić information content (AvgIpc) is 2.67. The molecule has 1 aliphatic rings. The number of hydrogen-bond acceptors (Lipinski definition) is 3. The average molecular weight is 355 g/mol. The van der Waals surface area contributed by atoms with Crippen molar-refractivity contribution in [2.45, 2.75) is 24.7 Å². The Labute approximate surface area is 155 Å². The molecule has 0 saturated carbocycles. The standard InChI is InChI=1S/C21H26N2OS/c1-18-9-11-20(12-10-18)25-17-5-8-21(24)23-15-13-22(14-16-23)19-6-3-2-4-7-19/h2-4,6-7,9-12H,5,8,13-17H2,1H3. The lowest BCUT2D eigenvalue weighted by Crippen LogP contribution is -2.48. The van der Waals surface area contributed by atoms with E-state index in [1.165, 1.54) is 16.1 Å². The highest BCUT2D eigenvalue weighted by Crippen LogP contribution is 2.20. The summed E-state index contributed by atoms with van der Waals surface area (Å²) in [5.74, 6) is 1.30. The highest BCUT2D eigenvalue weighted by Gasteiger charge is 2.20. The minimum Gasteiger partial charge on any atom is -0.368 e. The third-order valence-corrected chi connectivity index (χ3v) is 5.68. The van der Waals surface area contributed by atoms with E-state index in [4.69, 9.17) is 0 Å².